The zero-order valence-electron chi connectivity index (χ0n) is 11.6. The van der Waals surface area contributed by atoms with Crippen LogP contribution in [-0.4, -0.2) is 38.2 Å². The largest absolute Gasteiger partial charge is 0.476 e. The Bertz CT molecular complexity index is 691. The highest BCUT2D eigenvalue weighted by Gasteiger charge is 2.29. The Morgan fingerprint density at radius 3 is 2.95 bits per heavy atom. The number of aromatic nitrogens is 2. The third-order valence-electron chi connectivity index (χ3n) is 3.73. The third-order valence-corrected chi connectivity index (χ3v) is 4.47. The van der Waals surface area contributed by atoms with E-state index >= 15 is 0 Å². The minimum absolute atomic E-state index is 0.0271. The molecule has 0 bridgehead atoms. The Morgan fingerprint density at radius 2 is 2.29 bits per heavy atom. The van der Waals surface area contributed by atoms with Gasteiger partial charge in [-0.3, -0.25) is 9.48 Å². The van der Waals surface area contributed by atoms with E-state index < -0.39 is 5.97 Å². The molecule has 1 N–H and O–H groups in total. The van der Waals surface area contributed by atoms with Crippen molar-refractivity contribution in [1.29, 1.82) is 0 Å². The molecule has 7 heteroatoms. The van der Waals surface area contributed by atoms with Gasteiger partial charge in [0, 0.05) is 37.8 Å². The lowest BCUT2D eigenvalue weighted by Crippen LogP contribution is -2.37. The number of carbonyl (C=O) groups is 2. The van der Waals surface area contributed by atoms with E-state index in [1.165, 1.54) is 0 Å². The minimum atomic E-state index is -1.04. The van der Waals surface area contributed by atoms with Gasteiger partial charge in [-0.2, -0.15) is 16.4 Å². The van der Waals surface area contributed by atoms with Crippen molar-refractivity contribution in [3.05, 3.63) is 39.3 Å². The van der Waals surface area contributed by atoms with Gasteiger partial charge < -0.3 is 10.0 Å². The third kappa shape index (κ3) is 2.56. The van der Waals surface area contributed by atoms with E-state index in [4.69, 9.17) is 0 Å². The van der Waals surface area contributed by atoms with Crippen molar-refractivity contribution in [3.8, 4) is 0 Å². The molecule has 1 aliphatic rings. The van der Waals surface area contributed by atoms with Gasteiger partial charge >= 0.3 is 5.97 Å². The minimum Gasteiger partial charge on any atom is -0.476 e. The predicted molar refractivity (Wildman–Crippen MR) is 77.3 cm³/mol. The number of nitrogens with zero attached hydrogens (tertiary/aromatic N) is 3. The van der Waals surface area contributed by atoms with Crippen molar-refractivity contribution < 1.29 is 14.7 Å². The lowest BCUT2D eigenvalue weighted by atomic mass is 10.0. The predicted octanol–water partition coefficient (Wildman–Crippen LogP) is 1.31. The number of aryl methyl sites for hydroxylation is 1. The summed E-state index contributed by atoms with van der Waals surface area (Å²) in [7, 11) is 1.74. The molecular weight excluding hydrogens is 290 g/mol. The van der Waals surface area contributed by atoms with E-state index in [2.05, 4.69) is 5.10 Å². The number of carbonyl (C=O) groups excluding carboxylic acids is 1. The number of amides is 1. The standard InChI is InChI=1S/C14H15N3O3S/c1-16-11-2-4-17(7-10(11)13(15-16)14(19)20)12(18)6-9-3-5-21-8-9/h3,5,8H,2,4,6-7H2,1H3,(H,19,20). The molecule has 0 aromatic carbocycles. The molecule has 2 aromatic heterocycles. The molecule has 2 aromatic rings. The zero-order valence-corrected chi connectivity index (χ0v) is 12.4. The van der Waals surface area contributed by atoms with Crippen molar-refractivity contribution >= 4 is 23.2 Å². The summed E-state index contributed by atoms with van der Waals surface area (Å²) in [5.74, 6) is -1.02. The number of fused-ring (bicyclic) bond motifs is 1. The molecule has 0 aliphatic carbocycles. The van der Waals surface area contributed by atoms with Gasteiger partial charge in [-0.25, -0.2) is 4.79 Å². The van der Waals surface area contributed by atoms with Gasteiger partial charge in [0.1, 0.15) is 0 Å². The van der Waals surface area contributed by atoms with Crippen LogP contribution >= 0.6 is 11.3 Å². The normalized spacial score (nSPS) is 14.0. The van der Waals surface area contributed by atoms with E-state index in [-0.39, 0.29) is 11.6 Å². The van der Waals surface area contributed by atoms with E-state index in [0.29, 0.717) is 31.5 Å². The van der Waals surface area contributed by atoms with Crippen LogP contribution < -0.4 is 0 Å². The number of hydrogen-bond donors (Lipinski definition) is 1. The van der Waals surface area contributed by atoms with Gasteiger partial charge in [-0.1, -0.05) is 0 Å². The summed E-state index contributed by atoms with van der Waals surface area (Å²) < 4.78 is 1.61. The van der Waals surface area contributed by atoms with Crippen LogP contribution in [0, 0.1) is 0 Å². The Balaban J connectivity index is 1.80. The van der Waals surface area contributed by atoms with Crippen LogP contribution in [0.2, 0.25) is 0 Å². The number of thiophene rings is 1. The van der Waals surface area contributed by atoms with E-state index in [9.17, 15) is 14.7 Å². The number of rotatable bonds is 3. The van der Waals surface area contributed by atoms with Gasteiger partial charge in [0.15, 0.2) is 5.69 Å². The van der Waals surface area contributed by atoms with Gasteiger partial charge in [-0.15, -0.1) is 0 Å². The first-order chi connectivity index (χ1) is 10.1. The molecule has 1 aliphatic heterocycles. The molecule has 21 heavy (non-hydrogen) atoms. The van der Waals surface area contributed by atoms with Gasteiger partial charge in [0.2, 0.25) is 5.91 Å². The average Bonchev–Trinajstić information content (AvgIpc) is 3.07. The maximum atomic E-state index is 12.3. The molecule has 1 amide bonds. The quantitative estimate of drug-likeness (QED) is 0.927. The molecule has 110 valence electrons. The van der Waals surface area contributed by atoms with Crippen LogP contribution in [0.4, 0.5) is 0 Å². The Hall–Kier alpha value is -2.15. The van der Waals surface area contributed by atoms with Crippen molar-refractivity contribution in [1.82, 2.24) is 14.7 Å². The zero-order chi connectivity index (χ0) is 15.0. The first kappa shape index (κ1) is 13.8. The first-order valence-electron chi connectivity index (χ1n) is 6.63. The summed E-state index contributed by atoms with van der Waals surface area (Å²) in [5, 5.41) is 17.2. The second-order valence-electron chi connectivity index (χ2n) is 5.08. The van der Waals surface area contributed by atoms with E-state index in [1.807, 2.05) is 16.8 Å². The van der Waals surface area contributed by atoms with Crippen molar-refractivity contribution in [2.24, 2.45) is 7.05 Å². The van der Waals surface area contributed by atoms with Crippen LogP contribution in [0.1, 0.15) is 27.3 Å². The molecule has 0 unspecified atom stereocenters. The summed E-state index contributed by atoms with van der Waals surface area (Å²) >= 11 is 1.56. The summed E-state index contributed by atoms with van der Waals surface area (Å²) in [5.41, 5.74) is 2.63. The van der Waals surface area contributed by atoms with Gasteiger partial charge in [0.25, 0.3) is 0 Å². The van der Waals surface area contributed by atoms with Gasteiger partial charge in [0.05, 0.1) is 6.42 Å². The van der Waals surface area contributed by atoms with Crippen LogP contribution in [0.5, 0.6) is 0 Å². The fraction of sp³-hybridized carbons (Fsp3) is 0.357. The fourth-order valence-electron chi connectivity index (χ4n) is 2.66. The van der Waals surface area contributed by atoms with E-state index in [0.717, 1.165) is 11.3 Å². The number of carboxylic acid groups (broad SMARTS) is 1. The van der Waals surface area contributed by atoms with Crippen LogP contribution in [0.15, 0.2) is 16.8 Å². The maximum Gasteiger partial charge on any atom is 0.356 e. The van der Waals surface area contributed by atoms with Crippen molar-refractivity contribution in [3.63, 3.8) is 0 Å². The van der Waals surface area contributed by atoms with Crippen LogP contribution in [0.25, 0.3) is 0 Å². The van der Waals surface area contributed by atoms with Gasteiger partial charge in [-0.05, 0) is 22.4 Å². The molecule has 0 saturated carbocycles. The molecule has 0 saturated heterocycles. The number of hydrogen-bond acceptors (Lipinski definition) is 4. The summed E-state index contributed by atoms with van der Waals surface area (Å²) in [6, 6.07) is 1.94. The fourth-order valence-corrected chi connectivity index (χ4v) is 3.33. The topological polar surface area (TPSA) is 75.4 Å². The molecular formula is C14H15N3O3S. The second-order valence-corrected chi connectivity index (χ2v) is 5.86. The SMILES string of the molecule is Cn1nc(C(=O)O)c2c1CCN(C(=O)Cc1ccsc1)C2. The van der Waals surface area contributed by atoms with E-state index in [1.54, 1.807) is 28.0 Å². The molecule has 6 nitrogen and oxygen atoms in total. The van der Waals surface area contributed by atoms with Crippen LogP contribution in [-0.2, 0) is 31.2 Å². The lowest BCUT2D eigenvalue weighted by Gasteiger charge is -2.27. The summed E-state index contributed by atoms with van der Waals surface area (Å²) in [4.78, 5) is 25.3. The van der Waals surface area contributed by atoms with Crippen molar-refractivity contribution in [2.75, 3.05) is 6.54 Å². The molecule has 0 fully saturated rings. The second kappa shape index (κ2) is 5.33. The molecule has 3 heterocycles. The first-order valence-corrected chi connectivity index (χ1v) is 7.57. The summed E-state index contributed by atoms with van der Waals surface area (Å²) in [6.07, 6.45) is 1.00. The lowest BCUT2D eigenvalue weighted by molar-refractivity contribution is -0.131. The van der Waals surface area contributed by atoms with Crippen molar-refractivity contribution in [2.45, 2.75) is 19.4 Å². The Kier molecular flexibility index (Phi) is 3.50. The highest BCUT2D eigenvalue weighted by molar-refractivity contribution is 7.07. The molecule has 3 rings (SSSR count). The average molecular weight is 305 g/mol. The molecule has 0 atom stereocenters. The smallest absolute Gasteiger partial charge is 0.356 e. The highest BCUT2D eigenvalue weighted by Crippen LogP contribution is 2.23. The number of carboxylic acids is 1. The maximum absolute atomic E-state index is 12.3. The molecule has 0 spiro atoms. The highest BCUT2D eigenvalue weighted by atomic mass is 32.1. The van der Waals surface area contributed by atoms with Crippen LogP contribution in [0.3, 0.4) is 0 Å². The summed E-state index contributed by atoms with van der Waals surface area (Å²) in [6.45, 7) is 0.933. The Labute approximate surface area is 125 Å². The molecule has 0 radical (unpaired) electrons. The number of aromatic carboxylic acids is 1. The monoisotopic (exact) mass is 305 g/mol. The Morgan fingerprint density at radius 1 is 1.48 bits per heavy atom.